The van der Waals surface area contributed by atoms with E-state index in [2.05, 4.69) is 0 Å². The van der Waals surface area contributed by atoms with Gasteiger partial charge in [-0.05, 0) is 30.0 Å². The van der Waals surface area contributed by atoms with E-state index in [9.17, 15) is 9.90 Å². The summed E-state index contributed by atoms with van der Waals surface area (Å²) < 4.78 is 5.34. The molecule has 104 valence electrons. The summed E-state index contributed by atoms with van der Waals surface area (Å²) in [6, 6.07) is 5.87. The van der Waals surface area contributed by atoms with Gasteiger partial charge in [-0.1, -0.05) is 12.1 Å². The highest BCUT2D eigenvalue weighted by Crippen LogP contribution is 2.35. The second kappa shape index (κ2) is 5.21. The summed E-state index contributed by atoms with van der Waals surface area (Å²) >= 11 is 0. The Morgan fingerprint density at radius 2 is 2.21 bits per heavy atom. The first-order chi connectivity index (χ1) is 8.95. The summed E-state index contributed by atoms with van der Waals surface area (Å²) in [7, 11) is 5.09. The molecule has 0 bridgehead atoms. The molecule has 0 unspecified atom stereocenters. The van der Waals surface area contributed by atoms with Gasteiger partial charge in [0.15, 0.2) is 0 Å². The smallest absolute Gasteiger partial charge is 0.224 e. The minimum atomic E-state index is -0.930. The van der Waals surface area contributed by atoms with Crippen molar-refractivity contribution < 1.29 is 14.6 Å². The van der Waals surface area contributed by atoms with Crippen molar-refractivity contribution in [2.45, 2.75) is 31.3 Å². The first-order valence-corrected chi connectivity index (χ1v) is 6.52. The molecule has 0 saturated carbocycles. The fourth-order valence-corrected chi connectivity index (χ4v) is 2.64. The van der Waals surface area contributed by atoms with E-state index in [-0.39, 0.29) is 12.3 Å². The molecule has 0 fully saturated rings. The number of fused-ring (bicyclic) bond motifs is 1. The van der Waals surface area contributed by atoms with Crippen molar-refractivity contribution in [3.05, 3.63) is 29.3 Å². The molecule has 1 aliphatic rings. The zero-order valence-electron chi connectivity index (χ0n) is 11.8. The predicted octanol–water partition coefficient (Wildman–Crippen LogP) is 1.39. The van der Waals surface area contributed by atoms with Gasteiger partial charge in [0.1, 0.15) is 5.75 Å². The van der Waals surface area contributed by atoms with Crippen LogP contribution in [0.2, 0.25) is 0 Å². The van der Waals surface area contributed by atoms with Gasteiger partial charge in [0.25, 0.3) is 0 Å². The Balaban J connectivity index is 2.20. The molecule has 0 aromatic heterocycles. The highest BCUT2D eigenvalue weighted by Gasteiger charge is 2.35. The van der Waals surface area contributed by atoms with Gasteiger partial charge < -0.3 is 14.7 Å². The minimum absolute atomic E-state index is 0.0335. The van der Waals surface area contributed by atoms with Crippen molar-refractivity contribution in [3.63, 3.8) is 0 Å². The molecule has 19 heavy (non-hydrogen) atoms. The number of rotatable bonds is 3. The Bertz CT molecular complexity index is 484. The summed E-state index contributed by atoms with van der Waals surface area (Å²) in [6.07, 6.45) is 2.03. The molecular weight excluding hydrogens is 242 g/mol. The van der Waals surface area contributed by atoms with Crippen LogP contribution < -0.4 is 4.74 Å². The van der Waals surface area contributed by atoms with Gasteiger partial charge in [-0.15, -0.1) is 0 Å². The molecule has 0 aliphatic heterocycles. The predicted molar refractivity (Wildman–Crippen MR) is 73.3 cm³/mol. The van der Waals surface area contributed by atoms with Crippen molar-refractivity contribution in [1.82, 2.24) is 4.90 Å². The molecule has 1 aliphatic carbocycles. The number of amides is 1. The van der Waals surface area contributed by atoms with Crippen LogP contribution in [0, 0.1) is 0 Å². The van der Waals surface area contributed by atoms with E-state index in [0.717, 1.165) is 23.3 Å². The van der Waals surface area contributed by atoms with E-state index in [1.807, 2.05) is 18.2 Å². The molecule has 1 amide bonds. The molecule has 0 heterocycles. The lowest BCUT2D eigenvalue weighted by atomic mass is 9.78. The maximum Gasteiger partial charge on any atom is 0.224 e. The van der Waals surface area contributed by atoms with E-state index < -0.39 is 5.60 Å². The number of hydrogen-bond donors (Lipinski definition) is 1. The van der Waals surface area contributed by atoms with Crippen molar-refractivity contribution >= 4 is 5.91 Å². The zero-order valence-corrected chi connectivity index (χ0v) is 11.8. The standard InChI is InChI=1S/C15H21NO3/c1-16(2)14(17)10-15(18)8-7-12-11(9-15)5-4-6-13(12)19-3/h4-6,18H,7-10H2,1-3H3/t15-/m0/s1. The molecule has 1 atom stereocenters. The van der Waals surface area contributed by atoms with Gasteiger partial charge in [-0.3, -0.25) is 4.79 Å². The minimum Gasteiger partial charge on any atom is -0.496 e. The molecule has 0 saturated heterocycles. The van der Waals surface area contributed by atoms with Crippen LogP contribution in [-0.4, -0.2) is 42.7 Å². The van der Waals surface area contributed by atoms with E-state index in [1.54, 1.807) is 21.2 Å². The van der Waals surface area contributed by atoms with Gasteiger partial charge in [0.05, 0.1) is 19.1 Å². The quantitative estimate of drug-likeness (QED) is 0.896. The number of carbonyl (C=O) groups is 1. The van der Waals surface area contributed by atoms with Crippen LogP contribution in [0.15, 0.2) is 18.2 Å². The SMILES string of the molecule is COc1cccc2c1CC[C@@](O)(CC(=O)N(C)C)C2. The summed E-state index contributed by atoms with van der Waals surface area (Å²) in [5.74, 6) is 0.840. The van der Waals surface area contributed by atoms with Crippen LogP contribution in [0.25, 0.3) is 0 Å². The largest absolute Gasteiger partial charge is 0.496 e. The van der Waals surface area contributed by atoms with Crippen LogP contribution in [0.1, 0.15) is 24.0 Å². The number of nitrogens with zero attached hydrogens (tertiary/aromatic N) is 1. The molecule has 4 heteroatoms. The third-order valence-electron chi connectivity index (χ3n) is 3.79. The normalized spacial score (nSPS) is 21.7. The number of carbonyl (C=O) groups excluding carboxylic acids is 1. The van der Waals surface area contributed by atoms with Gasteiger partial charge >= 0.3 is 0 Å². The van der Waals surface area contributed by atoms with E-state index in [0.29, 0.717) is 12.8 Å². The molecule has 2 rings (SSSR count). The molecule has 0 radical (unpaired) electrons. The van der Waals surface area contributed by atoms with Crippen LogP contribution in [0.5, 0.6) is 5.75 Å². The summed E-state index contributed by atoms with van der Waals surface area (Å²) in [5, 5.41) is 10.6. The maximum absolute atomic E-state index is 11.8. The Morgan fingerprint density at radius 3 is 2.84 bits per heavy atom. The van der Waals surface area contributed by atoms with E-state index >= 15 is 0 Å². The zero-order chi connectivity index (χ0) is 14.0. The van der Waals surface area contributed by atoms with Crippen molar-refractivity contribution in [2.24, 2.45) is 0 Å². The molecular formula is C15H21NO3. The fourth-order valence-electron chi connectivity index (χ4n) is 2.64. The van der Waals surface area contributed by atoms with Crippen molar-refractivity contribution in [2.75, 3.05) is 21.2 Å². The lowest BCUT2D eigenvalue weighted by Gasteiger charge is -2.34. The molecule has 1 N–H and O–H groups in total. The van der Waals surface area contributed by atoms with Gasteiger partial charge in [-0.25, -0.2) is 0 Å². The van der Waals surface area contributed by atoms with Gasteiger partial charge in [0, 0.05) is 20.5 Å². The Hall–Kier alpha value is -1.55. The molecule has 0 spiro atoms. The van der Waals surface area contributed by atoms with E-state index in [4.69, 9.17) is 4.74 Å². The van der Waals surface area contributed by atoms with Crippen LogP contribution in [0.3, 0.4) is 0 Å². The van der Waals surface area contributed by atoms with E-state index in [1.165, 1.54) is 4.90 Å². The van der Waals surface area contributed by atoms with Crippen LogP contribution >= 0.6 is 0 Å². The summed E-state index contributed by atoms with van der Waals surface area (Å²) in [4.78, 5) is 13.3. The second-order valence-electron chi connectivity index (χ2n) is 5.46. The highest BCUT2D eigenvalue weighted by atomic mass is 16.5. The molecule has 1 aromatic carbocycles. The maximum atomic E-state index is 11.8. The van der Waals surface area contributed by atoms with Crippen molar-refractivity contribution in [3.8, 4) is 5.75 Å². The Morgan fingerprint density at radius 1 is 1.47 bits per heavy atom. The average Bonchev–Trinajstić information content (AvgIpc) is 2.37. The first kappa shape index (κ1) is 13.9. The summed E-state index contributed by atoms with van der Waals surface area (Å²) in [6.45, 7) is 0. The third-order valence-corrected chi connectivity index (χ3v) is 3.79. The molecule has 1 aromatic rings. The highest BCUT2D eigenvalue weighted by molar-refractivity contribution is 5.76. The van der Waals surface area contributed by atoms with Crippen LogP contribution in [-0.2, 0) is 17.6 Å². The summed E-state index contributed by atoms with van der Waals surface area (Å²) in [5.41, 5.74) is 1.31. The first-order valence-electron chi connectivity index (χ1n) is 6.52. The van der Waals surface area contributed by atoms with Crippen molar-refractivity contribution in [1.29, 1.82) is 0 Å². The number of aliphatic hydroxyl groups is 1. The number of ether oxygens (including phenoxy) is 1. The molecule has 4 nitrogen and oxygen atoms in total. The monoisotopic (exact) mass is 263 g/mol. The van der Waals surface area contributed by atoms with Gasteiger partial charge in [0.2, 0.25) is 5.91 Å². The average molecular weight is 263 g/mol. The number of hydrogen-bond acceptors (Lipinski definition) is 3. The number of methoxy groups -OCH3 is 1. The van der Waals surface area contributed by atoms with Crippen LogP contribution in [0.4, 0.5) is 0 Å². The number of benzene rings is 1. The third kappa shape index (κ3) is 2.89. The topological polar surface area (TPSA) is 49.8 Å². The Kier molecular flexibility index (Phi) is 3.80. The Labute approximate surface area is 114 Å². The lowest BCUT2D eigenvalue weighted by Crippen LogP contribution is -2.41. The van der Waals surface area contributed by atoms with Gasteiger partial charge in [-0.2, -0.15) is 0 Å². The lowest BCUT2D eigenvalue weighted by molar-refractivity contribution is -0.134. The second-order valence-corrected chi connectivity index (χ2v) is 5.46. The fraction of sp³-hybridized carbons (Fsp3) is 0.533.